The summed E-state index contributed by atoms with van der Waals surface area (Å²) >= 11 is 0. The molecule has 2 rings (SSSR count). The van der Waals surface area contributed by atoms with Crippen molar-refractivity contribution in [2.24, 2.45) is 12.2 Å². The Balaban J connectivity index is 2.88. The van der Waals surface area contributed by atoms with E-state index >= 15 is 0 Å². The van der Waals surface area contributed by atoms with Gasteiger partial charge in [-0.15, -0.1) is 0 Å². The zero-order valence-corrected chi connectivity index (χ0v) is 9.11. The molecule has 0 atom stereocenters. The number of pyridine rings is 1. The Morgan fingerprint density at radius 2 is 2.13 bits per heavy atom. The molecule has 2 N–H and O–H groups in total. The maximum absolute atomic E-state index is 11.1. The van der Waals surface area contributed by atoms with E-state index in [1.807, 2.05) is 0 Å². The van der Waals surface area contributed by atoms with Gasteiger partial charge in [0.25, 0.3) is 10.0 Å². The molecule has 80 valence electrons. The molecule has 0 unspecified atom stereocenters. The monoisotopic (exact) mass is 226 g/mol. The number of hydrogen-bond acceptors (Lipinski definition) is 4. The molecule has 0 bridgehead atoms. The zero-order valence-electron chi connectivity index (χ0n) is 8.30. The van der Waals surface area contributed by atoms with Crippen molar-refractivity contribution in [1.82, 2.24) is 14.8 Å². The highest BCUT2D eigenvalue weighted by molar-refractivity contribution is 7.89. The predicted octanol–water partition coefficient (Wildman–Crippen LogP) is -0.0759. The third-order valence-electron chi connectivity index (χ3n) is 2.20. The van der Waals surface area contributed by atoms with Crippen LogP contribution in [0.1, 0.15) is 5.69 Å². The second-order valence-corrected chi connectivity index (χ2v) is 4.80. The zero-order chi connectivity index (χ0) is 11.2. The number of aromatic nitrogens is 3. The molecule has 0 radical (unpaired) electrons. The smallest absolute Gasteiger partial charge is 0.255 e. The Labute approximate surface area is 86.8 Å². The number of rotatable bonds is 1. The van der Waals surface area contributed by atoms with E-state index in [-0.39, 0.29) is 5.03 Å². The fourth-order valence-electron chi connectivity index (χ4n) is 1.42. The van der Waals surface area contributed by atoms with Gasteiger partial charge in [-0.05, 0) is 6.92 Å². The maximum atomic E-state index is 11.1. The molecule has 2 heterocycles. The number of aryl methyl sites for hydroxylation is 2. The van der Waals surface area contributed by atoms with Crippen LogP contribution in [0.4, 0.5) is 0 Å². The first-order valence-corrected chi connectivity index (χ1v) is 5.76. The second kappa shape index (κ2) is 3.01. The van der Waals surface area contributed by atoms with Crippen LogP contribution in [-0.2, 0) is 17.1 Å². The lowest BCUT2D eigenvalue weighted by Gasteiger charge is -2.01. The summed E-state index contributed by atoms with van der Waals surface area (Å²) in [7, 11) is -2.03. The van der Waals surface area contributed by atoms with Crippen LogP contribution in [0.2, 0.25) is 0 Å². The summed E-state index contributed by atoms with van der Waals surface area (Å²) in [5.41, 5.74) is 1.30. The second-order valence-electron chi connectivity index (χ2n) is 3.29. The van der Waals surface area contributed by atoms with Gasteiger partial charge >= 0.3 is 0 Å². The van der Waals surface area contributed by atoms with E-state index in [0.717, 1.165) is 5.39 Å². The number of nitrogens with zero attached hydrogens (tertiary/aromatic N) is 3. The van der Waals surface area contributed by atoms with Gasteiger partial charge in [0.2, 0.25) is 0 Å². The van der Waals surface area contributed by atoms with Gasteiger partial charge in [0, 0.05) is 24.2 Å². The van der Waals surface area contributed by atoms with Gasteiger partial charge in [-0.25, -0.2) is 18.5 Å². The van der Waals surface area contributed by atoms with Crippen molar-refractivity contribution in [2.75, 3.05) is 0 Å². The Kier molecular flexibility index (Phi) is 2.02. The summed E-state index contributed by atoms with van der Waals surface area (Å²) in [6.45, 7) is 1.72. The lowest BCUT2D eigenvalue weighted by atomic mass is 10.2. The minimum Gasteiger partial charge on any atom is -0.268 e. The third-order valence-corrected chi connectivity index (χ3v) is 3.00. The van der Waals surface area contributed by atoms with Crippen molar-refractivity contribution in [3.63, 3.8) is 0 Å². The summed E-state index contributed by atoms with van der Waals surface area (Å²) < 4.78 is 23.9. The molecule has 0 aliphatic heterocycles. The molecule has 7 heteroatoms. The van der Waals surface area contributed by atoms with E-state index in [2.05, 4.69) is 10.1 Å². The molecule has 2 aromatic heterocycles. The normalized spacial score (nSPS) is 12.2. The molecule has 0 aromatic carbocycles. The summed E-state index contributed by atoms with van der Waals surface area (Å²) in [6.07, 6.45) is 1.64. The van der Waals surface area contributed by atoms with Crippen molar-refractivity contribution in [3.8, 4) is 0 Å². The number of fused-ring (bicyclic) bond motifs is 1. The fourth-order valence-corrected chi connectivity index (χ4v) is 1.96. The molecular weight excluding hydrogens is 216 g/mol. The number of sulfonamides is 1. The predicted molar refractivity (Wildman–Crippen MR) is 54.6 cm³/mol. The van der Waals surface area contributed by atoms with Gasteiger partial charge in [-0.2, -0.15) is 5.10 Å². The Morgan fingerprint density at radius 3 is 2.73 bits per heavy atom. The molecule has 0 aliphatic carbocycles. The molecular formula is C8H10N4O2S. The van der Waals surface area contributed by atoms with E-state index in [4.69, 9.17) is 5.14 Å². The molecule has 15 heavy (non-hydrogen) atoms. The van der Waals surface area contributed by atoms with Crippen LogP contribution in [0.5, 0.6) is 0 Å². The Bertz CT molecular complexity index is 629. The van der Waals surface area contributed by atoms with Crippen LogP contribution in [0.3, 0.4) is 0 Å². The molecule has 0 saturated carbocycles. The Hall–Kier alpha value is -1.47. The lowest BCUT2D eigenvalue weighted by molar-refractivity contribution is 0.594. The minimum atomic E-state index is -3.76. The van der Waals surface area contributed by atoms with Gasteiger partial charge < -0.3 is 0 Å². The van der Waals surface area contributed by atoms with Crippen molar-refractivity contribution in [3.05, 3.63) is 18.0 Å². The van der Waals surface area contributed by atoms with Crippen LogP contribution in [-0.4, -0.2) is 23.2 Å². The topological polar surface area (TPSA) is 90.9 Å². The van der Waals surface area contributed by atoms with Crippen molar-refractivity contribution in [1.29, 1.82) is 0 Å². The van der Waals surface area contributed by atoms with E-state index in [1.165, 1.54) is 6.07 Å². The van der Waals surface area contributed by atoms with Gasteiger partial charge in [0.05, 0.1) is 11.7 Å². The van der Waals surface area contributed by atoms with E-state index in [0.29, 0.717) is 11.2 Å². The molecule has 6 nitrogen and oxygen atoms in total. The maximum Gasteiger partial charge on any atom is 0.255 e. The van der Waals surface area contributed by atoms with Gasteiger partial charge in [0.1, 0.15) is 0 Å². The highest BCUT2D eigenvalue weighted by Gasteiger charge is 2.14. The van der Waals surface area contributed by atoms with E-state index < -0.39 is 10.0 Å². The average Bonchev–Trinajstić information content (AvgIpc) is 2.47. The highest BCUT2D eigenvalue weighted by Crippen LogP contribution is 2.18. The molecule has 0 saturated heterocycles. The molecule has 0 spiro atoms. The molecule has 0 aliphatic rings. The Morgan fingerprint density at radius 1 is 1.47 bits per heavy atom. The molecule has 2 aromatic rings. The average molecular weight is 226 g/mol. The van der Waals surface area contributed by atoms with Crippen molar-refractivity contribution >= 4 is 20.9 Å². The first-order valence-electron chi connectivity index (χ1n) is 4.22. The lowest BCUT2D eigenvalue weighted by Crippen LogP contribution is -2.14. The molecule has 0 fully saturated rings. The quantitative estimate of drug-likeness (QED) is 0.736. The molecule has 0 amide bonds. The van der Waals surface area contributed by atoms with Crippen molar-refractivity contribution < 1.29 is 8.42 Å². The highest BCUT2D eigenvalue weighted by atomic mass is 32.2. The third kappa shape index (κ3) is 1.59. The first kappa shape index (κ1) is 10.1. The SMILES string of the molecule is Cc1nc(S(N)(=O)=O)cc2c1cnn2C. The summed E-state index contributed by atoms with van der Waals surface area (Å²) in [4.78, 5) is 3.92. The van der Waals surface area contributed by atoms with Crippen molar-refractivity contribution in [2.45, 2.75) is 11.9 Å². The standard InChI is InChI=1S/C8H10N4O2S/c1-5-6-4-10-12(2)7(6)3-8(11-5)15(9,13)14/h3-4H,1-2H3,(H2,9,13,14). The minimum absolute atomic E-state index is 0.129. The van der Waals surface area contributed by atoms with Crippen LogP contribution < -0.4 is 5.14 Å². The van der Waals surface area contributed by atoms with Gasteiger partial charge in [0.15, 0.2) is 5.03 Å². The van der Waals surface area contributed by atoms with Crippen LogP contribution in [0, 0.1) is 6.92 Å². The van der Waals surface area contributed by atoms with Crippen LogP contribution in [0.15, 0.2) is 17.3 Å². The van der Waals surface area contributed by atoms with E-state index in [1.54, 1.807) is 24.9 Å². The number of hydrogen-bond donors (Lipinski definition) is 1. The van der Waals surface area contributed by atoms with Gasteiger partial charge in [-0.1, -0.05) is 0 Å². The summed E-state index contributed by atoms with van der Waals surface area (Å²) in [5, 5.41) is 9.73. The van der Waals surface area contributed by atoms with Crippen LogP contribution in [0.25, 0.3) is 10.9 Å². The number of nitrogens with two attached hydrogens (primary N) is 1. The number of primary sulfonamides is 1. The van der Waals surface area contributed by atoms with E-state index in [9.17, 15) is 8.42 Å². The fraction of sp³-hybridized carbons (Fsp3) is 0.250. The van der Waals surface area contributed by atoms with Gasteiger partial charge in [-0.3, -0.25) is 4.68 Å². The van der Waals surface area contributed by atoms with Crippen LogP contribution >= 0.6 is 0 Å². The largest absolute Gasteiger partial charge is 0.268 e. The first-order chi connectivity index (χ1) is 6.89. The summed E-state index contributed by atoms with van der Waals surface area (Å²) in [5.74, 6) is 0. The summed E-state index contributed by atoms with van der Waals surface area (Å²) in [6, 6.07) is 1.42.